The maximum Gasteiger partial charge on any atom is 0.307 e. The minimum atomic E-state index is -0.788. The van der Waals surface area contributed by atoms with Gasteiger partial charge in [-0.15, -0.1) is 0 Å². The van der Waals surface area contributed by atoms with Gasteiger partial charge in [0.2, 0.25) is 5.56 Å². The van der Waals surface area contributed by atoms with Gasteiger partial charge >= 0.3 is 5.97 Å². The molecule has 4 rings (SSSR count). The lowest BCUT2D eigenvalue weighted by atomic mass is 9.71. The van der Waals surface area contributed by atoms with E-state index in [-0.39, 0.29) is 11.5 Å². The van der Waals surface area contributed by atoms with Crippen molar-refractivity contribution >= 4 is 17.0 Å². The zero-order chi connectivity index (χ0) is 16.7. The van der Waals surface area contributed by atoms with Crippen molar-refractivity contribution in [3.63, 3.8) is 0 Å². The van der Waals surface area contributed by atoms with Crippen LogP contribution in [0.1, 0.15) is 29.0 Å². The molecule has 0 amide bonds. The van der Waals surface area contributed by atoms with E-state index in [9.17, 15) is 14.7 Å². The molecule has 1 aliphatic rings. The summed E-state index contributed by atoms with van der Waals surface area (Å²) < 4.78 is 0. The maximum atomic E-state index is 11.9. The lowest BCUT2D eigenvalue weighted by molar-refractivity contribution is -0.142. The van der Waals surface area contributed by atoms with E-state index in [2.05, 4.69) is 16.0 Å². The predicted molar refractivity (Wildman–Crippen MR) is 90.1 cm³/mol. The van der Waals surface area contributed by atoms with E-state index < -0.39 is 11.9 Å². The third kappa shape index (κ3) is 2.29. The number of pyridine rings is 2. The van der Waals surface area contributed by atoms with Crippen molar-refractivity contribution in [3.05, 3.63) is 75.7 Å². The first-order valence-electron chi connectivity index (χ1n) is 7.93. The van der Waals surface area contributed by atoms with Gasteiger partial charge in [-0.2, -0.15) is 0 Å². The number of rotatable bonds is 2. The topological polar surface area (TPSA) is 83.0 Å². The minimum absolute atomic E-state index is 0.217. The van der Waals surface area contributed by atoms with Crippen LogP contribution in [0.25, 0.3) is 11.0 Å². The van der Waals surface area contributed by atoms with Crippen LogP contribution < -0.4 is 5.56 Å². The fourth-order valence-electron chi connectivity index (χ4n) is 3.76. The monoisotopic (exact) mass is 320 g/mol. The fourth-order valence-corrected chi connectivity index (χ4v) is 3.76. The number of hydrogen-bond acceptors (Lipinski definition) is 3. The van der Waals surface area contributed by atoms with Crippen molar-refractivity contribution in [2.45, 2.75) is 18.8 Å². The molecule has 0 fully saturated rings. The average Bonchev–Trinajstić information content (AvgIpc) is 2.59. The van der Waals surface area contributed by atoms with E-state index in [1.807, 2.05) is 24.3 Å². The highest BCUT2D eigenvalue weighted by molar-refractivity contribution is 5.82. The summed E-state index contributed by atoms with van der Waals surface area (Å²) in [6.45, 7) is 0. The summed E-state index contributed by atoms with van der Waals surface area (Å²) in [5.74, 6) is -1.52. The lowest BCUT2D eigenvalue weighted by Crippen LogP contribution is -2.28. The number of aliphatic carboxylic acids is 1. The highest BCUT2D eigenvalue weighted by atomic mass is 16.4. The SMILES string of the molecule is O=C(O)C1CCc2ccccc2C1c1ccnc2[nH]c(=O)ccc12. The van der Waals surface area contributed by atoms with Crippen LogP contribution in [-0.2, 0) is 11.2 Å². The van der Waals surface area contributed by atoms with Crippen LogP contribution in [-0.4, -0.2) is 21.0 Å². The average molecular weight is 320 g/mol. The van der Waals surface area contributed by atoms with Crippen molar-refractivity contribution in [2.24, 2.45) is 5.92 Å². The minimum Gasteiger partial charge on any atom is -0.481 e. The molecule has 2 heterocycles. The Morgan fingerprint density at radius 2 is 1.96 bits per heavy atom. The fraction of sp³-hybridized carbons (Fsp3) is 0.211. The number of aromatic nitrogens is 2. The first kappa shape index (κ1) is 14.6. The Balaban J connectivity index is 1.99. The Hall–Kier alpha value is -2.95. The summed E-state index contributed by atoms with van der Waals surface area (Å²) in [6.07, 6.45) is 3.00. The van der Waals surface area contributed by atoms with E-state index in [4.69, 9.17) is 0 Å². The Kier molecular flexibility index (Phi) is 3.41. The molecule has 120 valence electrons. The van der Waals surface area contributed by atoms with Gasteiger partial charge in [0.05, 0.1) is 5.92 Å². The quantitative estimate of drug-likeness (QED) is 0.760. The molecule has 0 saturated heterocycles. The number of hydrogen-bond donors (Lipinski definition) is 2. The number of carboxylic acids is 1. The van der Waals surface area contributed by atoms with Crippen molar-refractivity contribution in [3.8, 4) is 0 Å². The number of carbonyl (C=O) groups is 1. The molecule has 0 bridgehead atoms. The summed E-state index contributed by atoms with van der Waals surface area (Å²) in [4.78, 5) is 30.4. The number of benzene rings is 1. The lowest BCUT2D eigenvalue weighted by Gasteiger charge is -2.32. The third-order valence-electron chi connectivity index (χ3n) is 4.84. The molecule has 0 saturated carbocycles. The zero-order valence-electron chi connectivity index (χ0n) is 12.9. The van der Waals surface area contributed by atoms with E-state index in [0.717, 1.165) is 22.9 Å². The first-order valence-corrected chi connectivity index (χ1v) is 7.93. The van der Waals surface area contributed by atoms with Gasteiger partial charge in [0.25, 0.3) is 0 Å². The predicted octanol–water partition coefficient (Wildman–Crippen LogP) is 2.70. The Morgan fingerprint density at radius 1 is 1.12 bits per heavy atom. The molecule has 0 spiro atoms. The second-order valence-corrected chi connectivity index (χ2v) is 6.14. The maximum absolute atomic E-state index is 11.9. The highest BCUT2D eigenvalue weighted by Gasteiger charge is 2.36. The van der Waals surface area contributed by atoms with Gasteiger partial charge in [-0.3, -0.25) is 9.59 Å². The van der Waals surface area contributed by atoms with Crippen LogP contribution in [0.2, 0.25) is 0 Å². The molecule has 0 aliphatic heterocycles. The number of nitrogens with zero attached hydrogens (tertiary/aromatic N) is 1. The summed E-state index contributed by atoms with van der Waals surface area (Å²) in [7, 11) is 0. The molecule has 0 radical (unpaired) electrons. The number of H-pyrrole nitrogens is 1. The molecule has 5 heteroatoms. The standard InChI is InChI=1S/C19H16N2O3/c22-16-8-7-14-13(9-10-20-18(14)21-16)17-12-4-2-1-3-11(12)5-6-15(17)19(23)24/h1-4,7-10,15,17H,5-6H2,(H,23,24)(H,20,21,22). The van der Waals surface area contributed by atoms with E-state index >= 15 is 0 Å². The van der Waals surface area contributed by atoms with Crippen molar-refractivity contribution in [1.82, 2.24) is 9.97 Å². The molecule has 2 N–H and O–H groups in total. The van der Waals surface area contributed by atoms with E-state index in [0.29, 0.717) is 12.1 Å². The van der Waals surface area contributed by atoms with Gasteiger partial charge < -0.3 is 10.1 Å². The number of aromatic amines is 1. The normalized spacial score (nSPS) is 19.8. The van der Waals surface area contributed by atoms with E-state index in [1.165, 1.54) is 11.6 Å². The summed E-state index contributed by atoms with van der Waals surface area (Å²) >= 11 is 0. The summed E-state index contributed by atoms with van der Waals surface area (Å²) in [6, 6.07) is 13.0. The molecular weight excluding hydrogens is 304 g/mol. The third-order valence-corrected chi connectivity index (χ3v) is 4.84. The van der Waals surface area contributed by atoms with Crippen molar-refractivity contribution < 1.29 is 9.90 Å². The van der Waals surface area contributed by atoms with Crippen LogP contribution in [0.15, 0.2) is 53.5 Å². The number of nitrogens with one attached hydrogen (secondary N) is 1. The molecule has 2 atom stereocenters. The van der Waals surface area contributed by atoms with Crippen LogP contribution in [0.4, 0.5) is 0 Å². The van der Waals surface area contributed by atoms with Crippen LogP contribution in [0.5, 0.6) is 0 Å². The largest absolute Gasteiger partial charge is 0.481 e. The molecular formula is C19H16N2O3. The van der Waals surface area contributed by atoms with Crippen LogP contribution in [0, 0.1) is 5.92 Å². The first-order chi connectivity index (χ1) is 11.6. The van der Waals surface area contributed by atoms with Gasteiger partial charge in [0.1, 0.15) is 5.65 Å². The van der Waals surface area contributed by atoms with Crippen molar-refractivity contribution in [2.75, 3.05) is 0 Å². The second-order valence-electron chi connectivity index (χ2n) is 6.14. The smallest absolute Gasteiger partial charge is 0.307 e. The van der Waals surface area contributed by atoms with Gasteiger partial charge in [0, 0.05) is 23.6 Å². The Bertz CT molecular complexity index is 993. The van der Waals surface area contributed by atoms with Crippen molar-refractivity contribution in [1.29, 1.82) is 0 Å². The molecule has 3 aromatic rings. The molecule has 5 nitrogen and oxygen atoms in total. The van der Waals surface area contributed by atoms with Gasteiger partial charge in [0.15, 0.2) is 0 Å². The summed E-state index contributed by atoms with van der Waals surface area (Å²) in [5, 5.41) is 10.5. The second kappa shape index (κ2) is 5.60. The van der Waals surface area contributed by atoms with Gasteiger partial charge in [-0.1, -0.05) is 24.3 Å². The molecule has 2 unspecified atom stereocenters. The van der Waals surface area contributed by atoms with Crippen LogP contribution >= 0.6 is 0 Å². The zero-order valence-corrected chi connectivity index (χ0v) is 12.9. The van der Waals surface area contributed by atoms with E-state index in [1.54, 1.807) is 12.3 Å². The Labute approximate surface area is 138 Å². The number of carboxylic acid groups (broad SMARTS) is 1. The Morgan fingerprint density at radius 3 is 2.79 bits per heavy atom. The number of fused-ring (bicyclic) bond motifs is 2. The van der Waals surface area contributed by atoms with Gasteiger partial charge in [-0.05, 0) is 41.7 Å². The van der Waals surface area contributed by atoms with Crippen LogP contribution in [0.3, 0.4) is 0 Å². The summed E-state index contributed by atoms with van der Waals surface area (Å²) in [5.41, 5.74) is 3.42. The molecule has 2 aromatic heterocycles. The highest BCUT2D eigenvalue weighted by Crippen LogP contribution is 2.42. The molecule has 1 aromatic carbocycles. The molecule has 1 aliphatic carbocycles. The molecule has 24 heavy (non-hydrogen) atoms. The number of aryl methyl sites for hydroxylation is 1. The van der Waals surface area contributed by atoms with Gasteiger partial charge in [-0.25, -0.2) is 4.98 Å².